The third kappa shape index (κ3) is 5.94. The molecular weight excluding hydrogens is 390 g/mol. The van der Waals surface area contributed by atoms with Gasteiger partial charge in [-0.15, -0.1) is 0 Å². The summed E-state index contributed by atoms with van der Waals surface area (Å²) in [5.41, 5.74) is 5.51. The van der Waals surface area contributed by atoms with Crippen molar-refractivity contribution in [2.24, 2.45) is 0 Å². The number of nitrogens with one attached hydrogen (secondary N) is 4. The highest BCUT2D eigenvalue weighted by Crippen LogP contribution is 2.27. The minimum absolute atomic E-state index is 0.0859. The maximum absolute atomic E-state index is 12.4. The fourth-order valence-electron chi connectivity index (χ4n) is 3.38. The average molecular weight is 420 g/mol. The lowest BCUT2D eigenvalue weighted by Crippen LogP contribution is -2.20. The van der Waals surface area contributed by atoms with Crippen LogP contribution in [0.2, 0.25) is 0 Å². The second-order valence-electron chi connectivity index (χ2n) is 8.65. The molecule has 3 amide bonds. The molecular formula is C24H29N5O2. The fourth-order valence-corrected chi connectivity index (χ4v) is 3.38. The molecule has 0 aliphatic heterocycles. The first-order valence-corrected chi connectivity index (χ1v) is 10.2. The summed E-state index contributed by atoms with van der Waals surface area (Å²) in [7, 11) is 0. The molecule has 7 nitrogen and oxygen atoms in total. The van der Waals surface area contributed by atoms with Crippen LogP contribution in [0.1, 0.15) is 50.1 Å². The molecule has 3 aromatic rings. The normalized spacial score (nSPS) is 11.1. The molecule has 3 rings (SSSR count). The van der Waals surface area contributed by atoms with Crippen molar-refractivity contribution in [1.29, 1.82) is 0 Å². The summed E-state index contributed by atoms with van der Waals surface area (Å²) in [6.45, 7) is 9.68. The molecule has 0 atom stereocenters. The molecule has 0 radical (unpaired) electrons. The zero-order valence-corrected chi connectivity index (χ0v) is 18.6. The number of aromatic amines is 1. The number of carbonyl (C=O) groups excluding carboxylic acids is 2. The van der Waals surface area contributed by atoms with Crippen LogP contribution in [0, 0.1) is 6.92 Å². The summed E-state index contributed by atoms with van der Waals surface area (Å²) in [4.78, 5) is 23.5. The molecule has 0 bridgehead atoms. The van der Waals surface area contributed by atoms with Crippen molar-refractivity contribution in [1.82, 2.24) is 10.2 Å². The van der Waals surface area contributed by atoms with Crippen molar-refractivity contribution >= 4 is 29.1 Å². The van der Waals surface area contributed by atoms with E-state index in [0.29, 0.717) is 11.5 Å². The van der Waals surface area contributed by atoms with E-state index in [1.165, 1.54) is 6.92 Å². The van der Waals surface area contributed by atoms with E-state index in [9.17, 15) is 9.59 Å². The molecule has 1 heterocycles. The van der Waals surface area contributed by atoms with Crippen LogP contribution in [0.25, 0.3) is 0 Å². The third-order valence-corrected chi connectivity index (χ3v) is 4.85. The standard InChI is InChI=1S/C24H29N5O2/c1-15-21(24(3,4)5)28-29-22(15)27-23(31)26-20-12-8-18(9-13-20)14-17-6-10-19(11-7-17)25-16(2)30/h6-13H,14H2,1-5H3,(H,25,30)(H3,26,27,28,29,31). The highest BCUT2D eigenvalue weighted by Gasteiger charge is 2.22. The van der Waals surface area contributed by atoms with E-state index >= 15 is 0 Å². The van der Waals surface area contributed by atoms with Gasteiger partial charge in [0.15, 0.2) is 0 Å². The zero-order valence-electron chi connectivity index (χ0n) is 18.6. The number of benzene rings is 2. The fraction of sp³-hybridized carbons (Fsp3) is 0.292. The minimum atomic E-state index is -0.325. The molecule has 4 N–H and O–H groups in total. The van der Waals surface area contributed by atoms with Crippen LogP contribution < -0.4 is 16.0 Å². The van der Waals surface area contributed by atoms with Gasteiger partial charge in [0.25, 0.3) is 0 Å². The third-order valence-electron chi connectivity index (χ3n) is 4.85. The van der Waals surface area contributed by atoms with Crippen LogP contribution in [0.15, 0.2) is 48.5 Å². The SMILES string of the molecule is CC(=O)Nc1ccc(Cc2ccc(NC(=O)Nc3[nH]nc(C(C)(C)C)c3C)cc2)cc1. The van der Waals surface area contributed by atoms with Crippen molar-refractivity contribution in [3.8, 4) is 0 Å². The molecule has 7 heteroatoms. The Morgan fingerprint density at radius 1 is 0.871 bits per heavy atom. The van der Waals surface area contributed by atoms with Gasteiger partial charge in [0.1, 0.15) is 5.82 Å². The lowest BCUT2D eigenvalue weighted by atomic mass is 9.90. The molecule has 0 aliphatic carbocycles. The molecule has 162 valence electrons. The highest BCUT2D eigenvalue weighted by molar-refractivity contribution is 5.99. The number of H-pyrrole nitrogens is 1. The lowest BCUT2D eigenvalue weighted by Gasteiger charge is -2.16. The first-order valence-electron chi connectivity index (χ1n) is 10.2. The summed E-state index contributed by atoms with van der Waals surface area (Å²) in [5, 5.41) is 15.7. The smallest absolute Gasteiger partial charge is 0.324 e. The highest BCUT2D eigenvalue weighted by atomic mass is 16.2. The molecule has 31 heavy (non-hydrogen) atoms. The Morgan fingerprint density at radius 3 is 1.84 bits per heavy atom. The van der Waals surface area contributed by atoms with Gasteiger partial charge in [-0.3, -0.25) is 15.2 Å². The van der Waals surface area contributed by atoms with Crippen molar-refractivity contribution < 1.29 is 9.59 Å². The van der Waals surface area contributed by atoms with E-state index in [-0.39, 0.29) is 17.4 Å². The number of hydrogen-bond donors (Lipinski definition) is 4. The number of urea groups is 1. The molecule has 0 spiro atoms. The summed E-state index contributed by atoms with van der Waals surface area (Å²) in [6.07, 6.45) is 0.760. The van der Waals surface area contributed by atoms with E-state index < -0.39 is 0 Å². The maximum atomic E-state index is 12.4. The van der Waals surface area contributed by atoms with Gasteiger partial charge in [-0.05, 0) is 48.7 Å². The van der Waals surface area contributed by atoms with Gasteiger partial charge in [0, 0.05) is 29.3 Å². The monoisotopic (exact) mass is 419 g/mol. The van der Waals surface area contributed by atoms with Gasteiger partial charge in [-0.2, -0.15) is 5.10 Å². The van der Waals surface area contributed by atoms with Crippen molar-refractivity contribution in [2.45, 2.75) is 46.5 Å². The van der Waals surface area contributed by atoms with Gasteiger partial charge < -0.3 is 10.6 Å². The Kier molecular flexibility index (Phi) is 6.44. The van der Waals surface area contributed by atoms with E-state index in [1.807, 2.05) is 55.5 Å². The second kappa shape index (κ2) is 9.04. The van der Waals surface area contributed by atoms with Crippen LogP contribution >= 0.6 is 0 Å². The molecule has 0 unspecified atom stereocenters. The zero-order chi connectivity index (χ0) is 22.6. The number of nitrogens with zero attached hydrogens (tertiary/aromatic N) is 1. The summed E-state index contributed by atoms with van der Waals surface area (Å²) >= 11 is 0. The number of carbonyl (C=O) groups is 2. The van der Waals surface area contributed by atoms with E-state index in [4.69, 9.17) is 0 Å². The lowest BCUT2D eigenvalue weighted by molar-refractivity contribution is -0.114. The van der Waals surface area contributed by atoms with Crippen LogP contribution in [0.4, 0.5) is 22.0 Å². The summed E-state index contributed by atoms with van der Waals surface area (Å²) in [6, 6.07) is 15.1. The van der Waals surface area contributed by atoms with Gasteiger partial charge in [-0.1, -0.05) is 45.0 Å². The number of aromatic nitrogens is 2. The first kappa shape index (κ1) is 22.1. The Labute approximate surface area is 182 Å². The summed E-state index contributed by atoms with van der Waals surface area (Å²) in [5.74, 6) is 0.513. The quantitative estimate of drug-likeness (QED) is 0.457. The molecule has 0 aliphatic rings. The van der Waals surface area contributed by atoms with E-state index in [1.54, 1.807) is 0 Å². The van der Waals surface area contributed by atoms with E-state index in [0.717, 1.165) is 34.5 Å². The van der Waals surface area contributed by atoms with E-state index in [2.05, 4.69) is 46.9 Å². The van der Waals surface area contributed by atoms with Gasteiger partial charge in [0.2, 0.25) is 5.91 Å². The van der Waals surface area contributed by atoms with Gasteiger partial charge in [0.05, 0.1) is 5.69 Å². The predicted octanol–water partition coefficient (Wildman–Crippen LogP) is 5.21. The Bertz CT molecular complexity index is 1060. The second-order valence-corrected chi connectivity index (χ2v) is 8.65. The van der Waals surface area contributed by atoms with Crippen LogP contribution in [-0.4, -0.2) is 22.1 Å². The van der Waals surface area contributed by atoms with Crippen molar-refractivity contribution in [3.05, 3.63) is 70.9 Å². The molecule has 0 saturated carbocycles. The van der Waals surface area contributed by atoms with Crippen LogP contribution in [-0.2, 0) is 16.6 Å². The average Bonchev–Trinajstić information content (AvgIpc) is 3.05. The van der Waals surface area contributed by atoms with Crippen LogP contribution in [0.3, 0.4) is 0 Å². The minimum Gasteiger partial charge on any atom is -0.326 e. The van der Waals surface area contributed by atoms with Crippen molar-refractivity contribution in [2.75, 3.05) is 16.0 Å². The molecule has 0 saturated heterocycles. The Balaban J connectivity index is 1.57. The Hall–Kier alpha value is -3.61. The largest absolute Gasteiger partial charge is 0.326 e. The predicted molar refractivity (Wildman–Crippen MR) is 125 cm³/mol. The van der Waals surface area contributed by atoms with Crippen molar-refractivity contribution in [3.63, 3.8) is 0 Å². The van der Waals surface area contributed by atoms with Gasteiger partial charge in [-0.25, -0.2) is 4.79 Å². The Morgan fingerprint density at radius 2 is 1.39 bits per heavy atom. The number of hydrogen-bond acceptors (Lipinski definition) is 3. The molecule has 2 aromatic carbocycles. The topological polar surface area (TPSA) is 98.9 Å². The number of rotatable bonds is 5. The van der Waals surface area contributed by atoms with Gasteiger partial charge >= 0.3 is 6.03 Å². The summed E-state index contributed by atoms with van der Waals surface area (Å²) < 4.78 is 0. The molecule has 0 fully saturated rings. The first-order chi connectivity index (χ1) is 14.6. The van der Waals surface area contributed by atoms with Crippen LogP contribution in [0.5, 0.6) is 0 Å². The number of amides is 3. The molecule has 1 aromatic heterocycles. The number of anilines is 3. The maximum Gasteiger partial charge on any atom is 0.324 e.